The second kappa shape index (κ2) is 7.53. The summed E-state index contributed by atoms with van der Waals surface area (Å²) in [6.07, 6.45) is 0. The third-order valence-corrected chi connectivity index (χ3v) is 5.21. The summed E-state index contributed by atoms with van der Waals surface area (Å²) in [6, 6.07) is 4.83. The Labute approximate surface area is 140 Å². The molecule has 2 aromatic rings. The summed E-state index contributed by atoms with van der Waals surface area (Å²) in [5.41, 5.74) is 0. The van der Waals surface area contributed by atoms with Crippen LogP contribution in [0.25, 0.3) is 0 Å². The number of aromatic nitrogens is 2. The Bertz CT molecular complexity index is 621. The van der Waals surface area contributed by atoms with Gasteiger partial charge < -0.3 is 14.5 Å². The third-order valence-electron chi connectivity index (χ3n) is 4.11. The van der Waals surface area contributed by atoms with Crippen LogP contribution in [0.15, 0.2) is 16.5 Å². The molecular weight excluding hydrogens is 312 g/mol. The molecule has 6 nitrogen and oxygen atoms in total. The third kappa shape index (κ3) is 4.17. The van der Waals surface area contributed by atoms with Crippen molar-refractivity contribution in [1.29, 1.82) is 0 Å². The van der Waals surface area contributed by atoms with E-state index in [2.05, 4.69) is 46.4 Å². The van der Waals surface area contributed by atoms with Gasteiger partial charge in [0.15, 0.2) is 0 Å². The number of morpholine rings is 1. The molecular formula is C16H24N4O2S. The highest BCUT2D eigenvalue weighted by atomic mass is 32.1. The minimum atomic E-state index is 0.0424. The number of nitrogens with one attached hydrogen (secondary N) is 1. The van der Waals surface area contributed by atoms with Crippen molar-refractivity contribution < 1.29 is 9.15 Å². The maximum atomic E-state index is 5.52. The van der Waals surface area contributed by atoms with Crippen LogP contribution in [0, 0.1) is 13.8 Å². The highest BCUT2D eigenvalue weighted by Gasteiger charge is 2.25. The van der Waals surface area contributed by atoms with Gasteiger partial charge in [0.05, 0.1) is 25.3 Å². The minimum absolute atomic E-state index is 0.0424. The number of nitrogens with zero attached hydrogens (tertiary/aromatic N) is 3. The first kappa shape index (κ1) is 16.6. The number of rotatable bonds is 6. The maximum Gasteiger partial charge on any atom is 0.233 e. The molecule has 0 bridgehead atoms. The molecule has 1 saturated heterocycles. The van der Waals surface area contributed by atoms with Crippen molar-refractivity contribution in [3.05, 3.63) is 33.7 Å². The maximum absolute atomic E-state index is 5.52. The van der Waals surface area contributed by atoms with Crippen molar-refractivity contribution in [2.75, 3.05) is 32.8 Å². The quantitative estimate of drug-likeness (QED) is 0.874. The van der Waals surface area contributed by atoms with Crippen molar-refractivity contribution in [3.63, 3.8) is 0 Å². The molecule has 0 aromatic carbocycles. The molecule has 2 aromatic heterocycles. The fourth-order valence-corrected chi connectivity index (χ4v) is 3.81. The lowest BCUT2D eigenvalue weighted by atomic mass is 10.1. The zero-order valence-corrected chi connectivity index (χ0v) is 14.7. The van der Waals surface area contributed by atoms with Crippen molar-refractivity contribution in [2.24, 2.45) is 0 Å². The first-order valence-corrected chi connectivity index (χ1v) is 8.86. The molecule has 3 rings (SSSR count). The van der Waals surface area contributed by atoms with E-state index >= 15 is 0 Å². The fourth-order valence-electron chi connectivity index (χ4n) is 2.79. The van der Waals surface area contributed by atoms with Gasteiger partial charge in [0.25, 0.3) is 0 Å². The Morgan fingerprint density at radius 1 is 1.26 bits per heavy atom. The van der Waals surface area contributed by atoms with Gasteiger partial charge in [0.1, 0.15) is 0 Å². The van der Waals surface area contributed by atoms with Crippen molar-refractivity contribution in [1.82, 2.24) is 20.4 Å². The number of ether oxygens (including phenoxy) is 1. The van der Waals surface area contributed by atoms with E-state index in [1.54, 1.807) is 0 Å². The molecule has 0 radical (unpaired) electrons. The van der Waals surface area contributed by atoms with Crippen LogP contribution >= 0.6 is 11.3 Å². The summed E-state index contributed by atoms with van der Waals surface area (Å²) in [6.45, 7) is 10.4. The molecule has 2 atom stereocenters. The van der Waals surface area contributed by atoms with E-state index < -0.39 is 0 Å². The van der Waals surface area contributed by atoms with Crippen LogP contribution in [0.4, 0.5) is 0 Å². The van der Waals surface area contributed by atoms with E-state index in [1.807, 2.05) is 18.3 Å². The lowest BCUT2D eigenvalue weighted by Gasteiger charge is -2.34. The van der Waals surface area contributed by atoms with Crippen molar-refractivity contribution >= 4 is 11.3 Å². The molecule has 2 unspecified atom stereocenters. The van der Waals surface area contributed by atoms with Gasteiger partial charge in [-0.25, -0.2) is 0 Å². The molecule has 0 aliphatic carbocycles. The number of thiophene rings is 1. The SMILES string of the molecule is Cc1nnc(C(C)NCC(c2ccc(C)s2)N2CCOCC2)o1. The second-order valence-corrected chi connectivity index (χ2v) is 7.22. The average molecular weight is 336 g/mol. The van der Waals surface area contributed by atoms with Gasteiger partial charge in [-0.2, -0.15) is 0 Å². The van der Waals surface area contributed by atoms with E-state index in [4.69, 9.17) is 9.15 Å². The Morgan fingerprint density at radius 3 is 2.65 bits per heavy atom. The lowest BCUT2D eigenvalue weighted by molar-refractivity contribution is 0.0163. The molecule has 1 aliphatic heterocycles. The molecule has 0 spiro atoms. The summed E-state index contributed by atoms with van der Waals surface area (Å²) in [5, 5.41) is 11.6. The minimum Gasteiger partial charge on any atom is -0.424 e. The van der Waals surface area contributed by atoms with Crippen LogP contribution in [0.3, 0.4) is 0 Å². The van der Waals surface area contributed by atoms with Crippen LogP contribution in [-0.2, 0) is 4.74 Å². The Morgan fingerprint density at radius 2 is 2.04 bits per heavy atom. The van der Waals surface area contributed by atoms with Crippen LogP contribution < -0.4 is 5.32 Å². The van der Waals surface area contributed by atoms with E-state index in [0.29, 0.717) is 17.8 Å². The van der Waals surface area contributed by atoms with E-state index in [0.717, 1.165) is 32.8 Å². The van der Waals surface area contributed by atoms with Gasteiger partial charge in [-0.05, 0) is 26.0 Å². The van der Waals surface area contributed by atoms with E-state index in [1.165, 1.54) is 9.75 Å². The first-order chi connectivity index (χ1) is 11.1. The van der Waals surface area contributed by atoms with Gasteiger partial charge in [0.2, 0.25) is 11.8 Å². The fraction of sp³-hybridized carbons (Fsp3) is 0.625. The second-order valence-electron chi connectivity index (χ2n) is 5.90. The zero-order chi connectivity index (χ0) is 16.2. The Hall–Kier alpha value is -1.28. The van der Waals surface area contributed by atoms with Crippen molar-refractivity contribution in [2.45, 2.75) is 32.9 Å². The summed E-state index contributed by atoms with van der Waals surface area (Å²) in [4.78, 5) is 5.23. The molecule has 126 valence electrons. The standard InChI is InChI=1S/C16H24N4O2S/c1-11-4-5-15(23-11)14(20-6-8-21-9-7-20)10-17-12(2)16-19-18-13(3)22-16/h4-5,12,14,17H,6-10H2,1-3H3. The van der Waals surface area contributed by atoms with E-state index in [9.17, 15) is 0 Å². The Kier molecular flexibility index (Phi) is 5.42. The number of hydrogen-bond acceptors (Lipinski definition) is 7. The van der Waals surface area contributed by atoms with Gasteiger partial charge in [0, 0.05) is 36.3 Å². The number of aryl methyl sites for hydroxylation is 2. The topological polar surface area (TPSA) is 63.4 Å². The number of hydrogen-bond donors (Lipinski definition) is 1. The van der Waals surface area contributed by atoms with Crippen LogP contribution in [0.1, 0.15) is 40.5 Å². The summed E-state index contributed by atoms with van der Waals surface area (Å²) < 4.78 is 11.0. The molecule has 0 amide bonds. The van der Waals surface area contributed by atoms with Crippen molar-refractivity contribution in [3.8, 4) is 0 Å². The normalized spacial score (nSPS) is 18.9. The van der Waals surface area contributed by atoms with Crippen LogP contribution in [0.5, 0.6) is 0 Å². The summed E-state index contributed by atoms with van der Waals surface area (Å²) in [7, 11) is 0. The van der Waals surface area contributed by atoms with Crippen LogP contribution in [0.2, 0.25) is 0 Å². The molecule has 3 heterocycles. The van der Waals surface area contributed by atoms with Gasteiger partial charge in [-0.1, -0.05) is 0 Å². The molecule has 1 fully saturated rings. The lowest BCUT2D eigenvalue weighted by Crippen LogP contribution is -2.43. The summed E-state index contributed by atoms with van der Waals surface area (Å²) >= 11 is 1.87. The molecule has 1 aliphatic rings. The zero-order valence-electron chi connectivity index (χ0n) is 13.9. The average Bonchev–Trinajstić information content (AvgIpc) is 3.17. The van der Waals surface area contributed by atoms with Gasteiger partial charge in [-0.15, -0.1) is 21.5 Å². The van der Waals surface area contributed by atoms with Crippen LogP contribution in [-0.4, -0.2) is 47.9 Å². The molecule has 23 heavy (non-hydrogen) atoms. The summed E-state index contributed by atoms with van der Waals surface area (Å²) in [5.74, 6) is 1.25. The predicted octanol–water partition coefficient (Wildman–Crippen LogP) is 2.47. The predicted molar refractivity (Wildman–Crippen MR) is 89.6 cm³/mol. The van der Waals surface area contributed by atoms with Gasteiger partial charge >= 0.3 is 0 Å². The monoisotopic (exact) mass is 336 g/mol. The van der Waals surface area contributed by atoms with Gasteiger partial charge in [-0.3, -0.25) is 4.90 Å². The van der Waals surface area contributed by atoms with E-state index in [-0.39, 0.29) is 6.04 Å². The first-order valence-electron chi connectivity index (χ1n) is 8.05. The highest BCUT2D eigenvalue weighted by molar-refractivity contribution is 7.12. The largest absolute Gasteiger partial charge is 0.424 e. The molecule has 0 saturated carbocycles. The molecule has 7 heteroatoms. The highest BCUT2D eigenvalue weighted by Crippen LogP contribution is 2.28. The smallest absolute Gasteiger partial charge is 0.233 e. The molecule has 1 N–H and O–H groups in total. The Balaban J connectivity index is 1.68.